The normalized spacial score (nSPS) is 15.2. The smallest absolute Gasteiger partial charge is 0.257 e. The number of anilines is 1. The van der Waals surface area contributed by atoms with Gasteiger partial charge in [0.05, 0.1) is 41.5 Å². The van der Waals surface area contributed by atoms with Crippen LogP contribution in [-0.4, -0.2) is 52.0 Å². The molecule has 3 rings (SSSR count). The second-order valence-corrected chi connectivity index (χ2v) is 8.74. The van der Waals surface area contributed by atoms with E-state index in [-0.39, 0.29) is 28.6 Å². The van der Waals surface area contributed by atoms with Gasteiger partial charge in [0.25, 0.3) is 5.91 Å². The van der Waals surface area contributed by atoms with Crippen molar-refractivity contribution < 1.29 is 22.7 Å². The van der Waals surface area contributed by atoms with Crippen molar-refractivity contribution in [3.8, 4) is 5.75 Å². The molecular formula is C18H18Cl2N2O5S. The van der Waals surface area contributed by atoms with E-state index in [1.807, 2.05) is 0 Å². The Balaban J connectivity index is 1.91. The number of morpholine rings is 1. The molecule has 1 saturated heterocycles. The molecule has 0 radical (unpaired) electrons. The molecule has 0 unspecified atom stereocenters. The third-order valence-electron chi connectivity index (χ3n) is 4.20. The first-order chi connectivity index (χ1) is 13.3. The predicted molar refractivity (Wildman–Crippen MR) is 107 cm³/mol. The third kappa shape index (κ3) is 4.42. The van der Waals surface area contributed by atoms with Crippen molar-refractivity contribution in [3.05, 3.63) is 52.0 Å². The molecule has 0 atom stereocenters. The molecule has 2 aromatic carbocycles. The first kappa shape index (κ1) is 20.9. The van der Waals surface area contributed by atoms with Gasteiger partial charge in [-0.25, -0.2) is 8.42 Å². The molecule has 28 heavy (non-hydrogen) atoms. The number of hydrogen-bond acceptors (Lipinski definition) is 5. The van der Waals surface area contributed by atoms with Crippen LogP contribution in [0.1, 0.15) is 10.4 Å². The van der Waals surface area contributed by atoms with E-state index in [4.69, 9.17) is 32.7 Å². The molecule has 1 heterocycles. The highest BCUT2D eigenvalue weighted by atomic mass is 35.5. The number of sulfonamides is 1. The molecule has 0 aliphatic carbocycles. The molecule has 7 nitrogen and oxygen atoms in total. The van der Waals surface area contributed by atoms with Crippen molar-refractivity contribution in [1.82, 2.24) is 4.31 Å². The maximum atomic E-state index is 12.8. The minimum Gasteiger partial charge on any atom is -0.495 e. The number of nitrogens with zero attached hydrogens (tertiary/aromatic N) is 1. The number of amides is 1. The Morgan fingerprint density at radius 1 is 1.14 bits per heavy atom. The summed E-state index contributed by atoms with van der Waals surface area (Å²) >= 11 is 12.1. The molecule has 0 aromatic heterocycles. The zero-order valence-electron chi connectivity index (χ0n) is 14.9. The molecule has 2 aromatic rings. The second-order valence-electron chi connectivity index (χ2n) is 5.96. The summed E-state index contributed by atoms with van der Waals surface area (Å²) in [5.74, 6) is -0.171. The van der Waals surface area contributed by atoms with Crippen molar-refractivity contribution in [2.24, 2.45) is 0 Å². The fourth-order valence-electron chi connectivity index (χ4n) is 2.74. The number of hydrogen-bond donors (Lipinski definition) is 1. The fraction of sp³-hybridized carbons (Fsp3) is 0.278. The number of nitrogens with one attached hydrogen (secondary N) is 1. The topological polar surface area (TPSA) is 84.9 Å². The zero-order valence-corrected chi connectivity index (χ0v) is 17.3. The van der Waals surface area contributed by atoms with Crippen LogP contribution in [0, 0.1) is 0 Å². The molecule has 0 spiro atoms. The number of carbonyl (C=O) groups excluding carboxylic acids is 1. The standard InChI is InChI=1S/C18H18Cl2N2O5S/c1-26-17-5-2-12(19)10-16(17)21-18(23)14-11-13(3-4-15(14)20)28(24,25)22-6-8-27-9-7-22/h2-5,10-11H,6-9H2,1H3,(H,21,23). The van der Waals surface area contributed by atoms with Gasteiger partial charge in [-0.1, -0.05) is 23.2 Å². The van der Waals surface area contributed by atoms with Crippen LogP contribution in [0.25, 0.3) is 0 Å². The monoisotopic (exact) mass is 444 g/mol. The quantitative estimate of drug-likeness (QED) is 0.764. The summed E-state index contributed by atoms with van der Waals surface area (Å²) in [5.41, 5.74) is 0.371. The lowest BCUT2D eigenvalue weighted by Crippen LogP contribution is -2.40. The van der Waals surface area contributed by atoms with Crippen LogP contribution in [0.2, 0.25) is 10.0 Å². The molecule has 1 fully saturated rings. The average molecular weight is 445 g/mol. The number of rotatable bonds is 5. The van der Waals surface area contributed by atoms with Crippen LogP contribution >= 0.6 is 23.2 Å². The van der Waals surface area contributed by atoms with Gasteiger partial charge in [0.15, 0.2) is 0 Å². The SMILES string of the molecule is COc1ccc(Cl)cc1NC(=O)c1cc(S(=O)(=O)N2CCOCC2)ccc1Cl. The van der Waals surface area contributed by atoms with Gasteiger partial charge in [-0.15, -0.1) is 0 Å². The minimum atomic E-state index is -3.76. The highest BCUT2D eigenvalue weighted by Gasteiger charge is 2.27. The average Bonchev–Trinajstić information content (AvgIpc) is 2.69. The summed E-state index contributed by atoms with van der Waals surface area (Å²) in [4.78, 5) is 12.7. The van der Waals surface area contributed by atoms with E-state index in [0.29, 0.717) is 29.7 Å². The van der Waals surface area contributed by atoms with Crippen LogP contribution in [-0.2, 0) is 14.8 Å². The van der Waals surface area contributed by atoms with Crippen LogP contribution in [0.15, 0.2) is 41.3 Å². The van der Waals surface area contributed by atoms with E-state index in [2.05, 4.69) is 5.32 Å². The molecule has 1 aliphatic rings. The lowest BCUT2D eigenvalue weighted by molar-refractivity contribution is 0.0730. The number of ether oxygens (including phenoxy) is 2. The maximum absolute atomic E-state index is 12.8. The van der Waals surface area contributed by atoms with Crippen molar-refractivity contribution in [2.45, 2.75) is 4.90 Å². The van der Waals surface area contributed by atoms with E-state index in [1.54, 1.807) is 12.1 Å². The van der Waals surface area contributed by atoms with E-state index in [1.165, 1.54) is 35.7 Å². The summed E-state index contributed by atoms with van der Waals surface area (Å²) in [5, 5.41) is 3.19. The van der Waals surface area contributed by atoms with E-state index >= 15 is 0 Å². The van der Waals surface area contributed by atoms with Gasteiger partial charge in [0, 0.05) is 18.1 Å². The summed E-state index contributed by atoms with van der Waals surface area (Å²) < 4.78 is 37.4. The number of benzene rings is 2. The van der Waals surface area contributed by atoms with Crippen LogP contribution in [0.3, 0.4) is 0 Å². The van der Waals surface area contributed by atoms with E-state index in [0.717, 1.165) is 0 Å². The highest BCUT2D eigenvalue weighted by Crippen LogP contribution is 2.30. The van der Waals surface area contributed by atoms with Gasteiger partial charge in [-0.3, -0.25) is 4.79 Å². The number of carbonyl (C=O) groups is 1. The van der Waals surface area contributed by atoms with Gasteiger partial charge in [0.1, 0.15) is 5.75 Å². The molecule has 10 heteroatoms. The van der Waals surface area contributed by atoms with E-state index in [9.17, 15) is 13.2 Å². The molecule has 1 amide bonds. The van der Waals surface area contributed by atoms with Gasteiger partial charge in [0.2, 0.25) is 10.0 Å². The van der Waals surface area contributed by atoms with Gasteiger partial charge in [-0.05, 0) is 36.4 Å². The fourth-order valence-corrected chi connectivity index (χ4v) is 4.55. The molecule has 0 saturated carbocycles. The van der Waals surface area contributed by atoms with Crippen LogP contribution < -0.4 is 10.1 Å². The molecule has 1 aliphatic heterocycles. The summed E-state index contributed by atoms with van der Waals surface area (Å²) in [7, 11) is -2.30. The lowest BCUT2D eigenvalue weighted by atomic mass is 10.2. The first-order valence-corrected chi connectivity index (χ1v) is 10.5. The Hall–Kier alpha value is -1.84. The second kappa shape index (κ2) is 8.67. The third-order valence-corrected chi connectivity index (χ3v) is 6.66. The summed E-state index contributed by atoms with van der Waals surface area (Å²) in [6, 6.07) is 8.79. The Bertz CT molecular complexity index is 991. The van der Waals surface area contributed by atoms with E-state index < -0.39 is 15.9 Å². The van der Waals surface area contributed by atoms with Gasteiger partial charge < -0.3 is 14.8 Å². The number of methoxy groups -OCH3 is 1. The predicted octanol–water partition coefficient (Wildman–Crippen LogP) is 3.28. The molecule has 1 N–H and O–H groups in total. The molecular weight excluding hydrogens is 427 g/mol. The lowest BCUT2D eigenvalue weighted by Gasteiger charge is -2.26. The number of halogens is 2. The molecule has 150 valence electrons. The Kier molecular flexibility index (Phi) is 6.47. The van der Waals surface area contributed by atoms with Gasteiger partial charge in [-0.2, -0.15) is 4.31 Å². The Labute approximate surface area is 173 Å². The maximum Gasteiger partial charge on any atom is 0.257 e. The van der Waals surface area contributed by atoms with Crippen molar-refractivity contribution >= 4 is 44.8 Å². The first-order valence-electron chi connectivity index (χ1n) is 8.35. The zero-order chi connectivity index (χ0) is 20.3. The minimum absolute atomic E-state index is 0.0120. The van der Waals surface area contributed by atoms with Crippen molar-refractivity contribution in [3.63, 3.8) is 0 Å². The molecule has 0 bridgehead atoms. The largest absolute Gasteiger partial charge is 0.495 e. The Morgan fingerprint density at radius 2 is 1.86 bits per heavy atom. The van der Waals surface area contributed by atoms with Crippen LogP contribution in [0.4, 0.5) is 5.69 Å². The van der Waals surface area contributed by atoms with Crippen LogP contribution in [0.5, 0.6) is 5.75 Å². The summed E-state index contributed by atoms with van der Waals surface area (Å²) in [6.07, 6.45) is 0. The van der Waals surface area contributed by atoms with Crippen molar-refractivity contribution in [2.75, 3.05) is 38.7 Å². The highest BCUT2D eigenvalue weighted by molar-refractivity contribution is 7.89. The van der Waals surface area contributed by atoms with Crippen molar-refractivity contribution in [1.29, 1.82) is 0 Å². The summed E-state index contributed by atoms with van der Waals surface area (Å²) in [6.45, 7) is 1.17. The Morgan fingerprint density at radius 3 is 2.54 bits per heavy atom. The van der Waals surface area contributed by atoms with Gasteiger partial charge >= 0.3 is 0 Å².